The number of likely N-dealkylation sites (tertiary alicyclic amines) is 1. The van der Waals surface area contributed by atoms with Crippen LogP contribution in [-0.2, 0) is 29.2 Å². The third-order valence-corrected chi connectivity index (χ3v) is 8.61. The fourth-order valence-electron chi connectivity index (χ4n) is 6.13. The molecule has 0 saturated carbocycles. The SMILES string of the molecule is CC(C)(C)OC(=O)c1ccc2nc(CN3CCC(c4cccc(OCc5ccn6nccc6c5)n4)CC3)n(C[C@@H]3CCO3)c2c1. The van der Waals surface area contributed by atoms with Gasteiger partial charge in [-0.05, 0) is 101 Å². The predicted octanol–water partition coefficient (Wildman–Crippen LogP) is 5.78. The Morgan fingerprint density at radius 3 is 2.64 bits per heavy atom. The van der Waals surface area contributed by atoms with Gasteiger partial charge in [0.1, 0.15) is 18.0 Å². The number of ether oxygens (including phenoxy) is 3. The van der Waals surface area contributed by atoms with E-state index in [-0.39, 0.29) is 12.1 Å². The first-order valence-electron chi connectivity index (χ1n) is 15.9. The summed E-state index contributed by atoms with van der Waals surface area (Å²) in [5.41, 5.74) is 5.04. The molecular formula is C35H40N6O4. The molecule has 45 heavy (non-hydrogen) atoms. The average Bonchev–Trinajstić information content (AvgIpc) is 3.61. The first-order valence-corrected chi connectivity index (χ1v) is 15.9. The fraction of sp³-hybridized carbons (Fsp3) is 0.429. The number of imidazole rings is 1. The Hall–Kier alpha value is -4.28. The Kier molecular flexibility index (Phi) is 8.01. The predicted molar refractivity (Wildman–Crippen MR) is 170 cm³/mol. The summed E-state index contributed by atoms with van der Waals surface area (Å²) in [5.74, 6) is 1.72. The van der Waals surface area contributed by atoms with E-state index in [9.17, 15) is 4.79 Å². The van der Waals surface area contributed by atoms with Gasteiger partial charge in [-0.2, -0.15) is 5.10 Å². The highest BCUT2D eigenvalue weighted by Crippen LogP contribution is 2.30. The molecule has 1 atom stereocenters. The first kappa shape index (κ1) is 29.4. The van der Waals surface area contributed by atoms with E-state index in [1.54, 1.807) is 6.20 Å². The Morgan fingerprint density at radius 1 is 1.02 bits per heavy atom. The van der Waals surface area contributed by atoms with Gasteiger partial charge in [0.2, 0.25) is 5.88 Å². The van der Waals surface area contributed by atoms with E-state index < -0.39 is 5.60 Å². The highest BCUT2D eigenvalue weighted by Gasteiger charge is 2.27. The maximum Gasteiger partial charge on any atom is 0.338 e. The summed E-state index contributed by atoms with van der Waals surface area (Å²) in [5, 5.41) is 4.25. The molecule has 2 aliphatic heterocycles. The number of piperidine rings is 1. The summed E-state index contributed by atoms with van der Waals surface area (Å²) in [7, 11) is 0. The van der Waals surface area contributed by atoms with Crippen LogP contribution in [-0.4, -0.2) is 66.4 Å². The number of carbonyl (C=O) groups excluding carboxylic acids is 1. The molecule has 10 heteroatoms. The van der Waals surface area contributed by atoms with Crippen LogP contribution in [0.4, 0.5) is 0 Å². The summed E-state index contributed by atoms with van der Waals surface area (Å²) in [4.78, 5) is 25.2. The maximum absolute atomic E-state index is 12.8. The molecule has 0 amide bonds. The summed E-state index contributed by atoms with van der Waals surface area (Å²) >= 11 is 0. The molecule has 5 aromatic rings. The lowest BCUT2D eigenvalue weighted by molar-refractivity contribution is -0.0592. The summed E-state index contributed by atoms with van der Waals surface area (Å²) < 4.78 is 21.6. The molecule has 0 aliphatic carbocycles. The number of esters is 1. The van der Waals surface area contributed by atoms with Crippen molar-refractivity contribution in [3.8, 4) is 5.88 Å². The lowest BCUT2D eigenvalue weighted by Crippen LogP contribution is -2.35. The molecule has 0 radical (unpaired) electrons. The molecule has 2 saturated heterocycles. The zero-order chi connectivity index (χ0) is 31.0. The average molecular weight is 609 g/mol. The monoisotopic (exact) mass is 608 g/mol. The van der Waals surface area contributed by atoms with Gasteiger partial charge < -0.3 is 18.8 Å². The Bertz CT molecular complexity index is 1810. The van der Waals surface area contributed by atoms with Gasteiger partial charge in [0.15, 0.2) is 0 Å². The van der Waals surface area contributed by atoms with Crippen LogP contribution in [0.5, 0.6) is 5.88 Å². The van der Waals surface area contributed by atoms with Crippen LogP contribution < -0.4 is 4.74 Å². The van der Waals surface area contributed by atoms with Crippen molar-refractivity contribution in [3.63, 3.8) is 0 Å². The van der Waals surface area contributed by atoms with E-state index >= 15 is 0 Å². The van der Waals surface area contributed by atoms with E-state index in [0.717, 1.165) is 85.7 Å². The van der Waals surface area contributed by atoms with Gasteiger partial charge in [0.05, 0.1) is 41.3 Å². The topological polar surface area (TPSA) is 96.0 Å². The molecule has 2 aliphatic rings. The van der Waals surface area contributed by atoms with Crippen LogP contribution in [0.3, 0.4) is 0 Å². The largest absolute Gasteiger partial charge is 0.473 e. The van der Waals surface area contributed by atoms with E-state index in [0.29, 0.717) is 24.0 Å². The molecule has 6 heterocycles. The Balaban J connectivity index is 1.01. The molecule has 7 rings (SSSR count). The van der Waals surface area contributed by atoms with Crippen molar-refractivity contribution in [1.82, 2.24) is 29.0 Å². The molecule has 0 bridgehead atoms. The third-order valence-electron chi connectivity index (χ3n) is 8.61. The second kappa shape index (κ2) is 12.3. The Morgan fingerprint density at radius 2 is 1.87 bits per heavy atom. The van der Waals surface area contributed by atoms with Crippen LogP contribution in [0.1, 0.15) is 73.4 Å². The van der Waals surface area contributed by atoms with Crippen molar-refractivity contribution in [2.45, 2.75) is 77.4 Å². The van der Waals surface area contributed by atoms with Crippen LogP contribution in [0.15, 0.2) is 67.0 Å². The second-order valence-corrected chi connectivity index (χ2v) is 13.1. The zero-order valence-electron chi connectivity index (χ0n) is 26.2. The van der Waals surface area contributed by atoms with Gasteiger partial charge in [0.25, 0.3) is 0 Å². The number of nitrogens with zero attached hydrogens (tertiary/aromatic N) is 6. The Labute approximate surface area is 262 Å². The number of aromatic nitrogens is 5. The molecule has 0 spiro atoms. The molecule has 0 unspecified atom stereocenters. The highest BCUT2D eigenvalue weighted by molar-refractivity contribution is 5.94. The minimum atomic E-state index is -0.552. The van der Waals surface area contributed by atoms with Crippen molar-refractivity contribution in [2.24, 2.45) is 0 Å². The van der Waals surface area contributed by atoms with E-state index in [1.165, 1.54) is 0 Å². The van der Waals surface area contributed by atoms with Crippen molar-refractivity contribution in [3.05, 3.63) is 89.6 Å². The van der Waals surface area contributed by atoms with Gasteiger partial charge in [-0.25, -0.2) is 19.3 Å². The molecule has 0 N–H and O–H groups in total. The van der Waals surface area contributed by atoms with Gasteiger partial charge >= 0.3 is 5.97 Å². The van der Waals surface area contributed by atoms with Crippen LogP contribution in [0, 0.1) is 0 Å². The van der Waals surface area contributed by atoms with Gasteiger partial charge in [-0.1, -0.05) is 6.07 Å². The smallest absolute Gasteiger partial charge is 0.338 e. The van der Waals surface area contributed by atoms with E-state index in [1.807, 2.05) is 73.9 Å². The van der Waals surface area contributed by atoms with Gasteiger partial charge in [-0.15, -0.1) is 0 Å². The summed E-state index contributed by atoms with van der Waals surface area (Å²) in [6, 6.07) is 17.8. The number of carbonyl (C=O) groups is 1. The standard InChI is InChI=1S/C35H40N6O4/c1-35(2,3)45-34(42)26-7-8-30-31(20-26)40(21-28-13-18-43-28)32(37-30)22-39-15-11-25(12-16-39)29-5-4-6-33(38-29)44-23-24-10-17-41-27(19-24)9-14-36-41/h4-10,14,17,19-20,25,28H,11-13,15-16,18,21-23H2,1-3H3/t28-/m0/s1. The highest BCUT2D eigenvalue weighted by atomic mass is 16.6. The molecule has 1 aromatic carbocycles. The normalized spacial score (nSPS) is 17.9. The maximum atomic E-state index is 12.8. The lowest BCUT2D eigenvalue weighted by atomic mass is 9.93. The molecule has 4 aromatic heterocycles. The number of hydrogen-bond acceptors (Lipinski definition) is 8. The van der Waals surface area contributed by atoms with Crippen LogP contribution in [0.2, 0.25) is 0 Å². The number of fused-ring (bicyclic) bond motifs is 2. The third kappa shape index (κ3) is 6.72. The number of pyridine rings is 2. The molecule has 234 valence electrons. The van der Waals surface area contributed by atoms with Crippen molar-refractivity contribution < 1.29 is 19.0 Å². The number of benzene rings is 1. The fourth-order valence-corrected chi connectivity index (χ4v) is 6.13. The van der Waals surface area contributed by atoms with Gasteiger partial charge in [0, 0.05) is 36.7 Å². The van der Waals surface area contributed by atoms with E-state index in [4.69, 9.17) is 24.2 Å². The number of rotatable bonds is 9. The zero-order valence-corrected chi connectivity index (χ0v) is 26.2. The summed E-state index contributed by atoms with van der Waals surface area (Å²) in [6.45, 7) is 10.3. The number of hydrogen-bond donors (Lipinski definition) is 0. The quantitative estimate of drug-likeness (QED) is 0.194. The van der Waals surface area contributed by atoms with Crippen molar-refractivity contribution in [2.75, 3.05) is 19.7 Å². The molecule has 10 nitrogen and oxygen atoms in total. The van der Waals surface area contributed by atoms with Crippen LogP contribution >= 0.6 is 0 Å². The molecule has 2 fully saturated rings. The van der Waals surface area contributed by atoms with Crippen molar-refractivity contribution >= 4 is 22.5 Å². The van der Waals surface area contributed by atoms with E-state index in [2.05, 4.69) is 26.7 Å². The molecular weight excluding hydrogens is 568 g/mol. The first-order chi connectivity index (χ1) is 21.8. The minimum Gasteiger partial charge on any atom is -0.473 e. The van der Waals surface area contributed by atoms with Crippen molar-refractivity contribution in [1.29, 1.82) is 0 Å². The lowest BCUT2D eigenvalue weighted by Gasteiger charge is -2.32. The second-order valence-electron chi connectivity index (χ2n) is 13.1. The summed E-state index contributed by atoms with van der Waals surface area (Å²) in [6.07, 6.45) is 6.98. The minimum absolute atomic E-state index is 0.173. The van der Waals surface area contributed by atoms with Crippen LogP contribution in [0.25, 0.3) is 16.6 Å². The van der Waals surface area contributed by atoms with Gasteiger partial charge in [-0.3, -0.25) is 4.90 Å².